The number of piperidine rings is 1. The van der Waals surface area contributed by atoms with Gasteiger partial charge in [0.25, 0.3) is 0 Å². The molecule has 8 heteroatoms. The van der Waals surface area contributed by atoms with Crippen LogP contribution in [0.5, 0.6) is 5.75 Å². The van der Waals surface area contributed by atoms with Gasteiger partial charge in [0.2, 0.25) is 15.9 Å². The molecule has 3 aromatic rings. The van der Waals surface area contributed by atoms with Crippen LogP contribution in [0, 0.1) is 0 Å². The summed E-state index contributed by atoms with van der Waals surface area (Å²) in [6.07, 6.45) is 6.84. The van der Waals surface area contributed by atoms with E-state index in [1.807, 2.05) is 29.2 Å². The Hall–Kier alpha value is -2.84. The van der Waals surface area contributed by atoms with E-state index >= 15 is 0 Å². The maximum absolute atomic E-state index is 12.8. The fraction of sp³-hybridized carbons (Fsp3) is 0.423. The maximum atomic E-state index is 12.8. The number of nitrogens with one attached hydrogen (secondary N) is 2. The van der Waals surface area contributed by atoms with E-state index in [2.05, 4.69) is 22.0 Å². The summed E-state index contributed by atoms with van der Waals surface area (Å²) in [5.74, 6) is 1.43. The standard InChI is InChI=1S/C26H31N3O4S/c1-33-21-7-10-25-23(16-21)24(17-27-25)19-12-14-29(15-13-19)26(30)11-4-18-2-8-22(9-3-18)34(31,32)28-20-5-6-20/h2-3,7-10,16-17,19-20,27-28H,4-6,11-15H2,1H3. The van der Waals surface area contributed by atoms with Crippen LogP contribution in [0.3, 0.4) is 0 Å². The fourth-order valence-electron chi connectivity index (χ4n) is 4.76. The Morgan fingerprint density at radius 2 is 1.82 bits per heavy atom. The van der Waals surface area contributed by atoms with Gasteiger partial charge >= 0.3 is 0 Å². The molecule has 5 rings (SSSR count). The lowest BCUT2D eigenvalue weighted by Gasteiger charge is -2.32. The van der Waals surface area contributed by atoms with Crippen molar-refractivity contribution in [2.75, 3.05) is 20.2 Å². The summed E-state index contributed by atoms with van der Waals surface area (Å²) in [5, 5.41) is 1.20. The molecule has 2 aliphatic rings. The maximum Gasteiger partial charge on any atom is 0.240 e. The molecule has 2 heterocycles. The van der Waals surface area contributed by atoms with Gasteiger partial charge in [-0.2, -0.15) is 0 Å². The van der Waals surface area contributed by atoms with E-state index in [1.165, 1.54) is 10.9 Å². The number of methoxy groups -OCH3 is 1. The number of rotatable bonds is 8. The van der Waals surface area contributed by atoms with Crippen LogP contribution in [0.1, 0.15) is 49.1 Å². The molecule has 0 unspecified atom stereocenters. The van der Waals surface area contributed by atoms with Crippen molar-refractivity contribution in [1.82, 2.24) is 14.6 Å². The molecule has 7 nitrogen and oxygen atoms in total. The first kappa shape index (κ1) is 22.9. The van der Waals surface area contributed by atoms with Crippen molar-refractivity contribution < 1.29 is 17.9 Å². The molecule has 2 aromatic carbocycles. The zero-order valence-corrected chi connectivity index (χ0v) is 20.2. The number of amides is 1. The van der Waals surface area contributed by atoms with Gasteiger partial charge in [-0.25, -0.2) is 13.1 Å². The van der Waals surface area contributed by atoms with Gasteiger partial charge in [-0.15, -0.1) is 0 Å². The SMILES string of the molecule is COc1ccc2[nH]cc(C3CCN(C(=O)CCc4ccc(S(=O)(=O)NC5CC5)cc4)CC3)c2c1. The molecule has 2 N–H and O–H groups in total. The van der Waals surface area contributed by atoms with E-state index in [4.69, 9.17) is 4.74 Å². The number of fused-ring (bicyclic) bond motifs is 1. The molecule has 2 fully saturated rings. The Morgan fingerprint density at radius 3 is 2.50 bits per heavy atom. The number of aryl methyl sites for hydroxylation is 1. The number of ether oxygens (including phenoxy) is 1. The van der Waals surface area contributed by atoms with Crippen molar-refractivity contribution in [3.8, 4) is 5.75 Å². The Kier molecular flexibility index (Phi) is 6.36. The lowest BCUT2D eigenvalue weighted by molar-refractivity contribution is -0.132. The highest BCUT2D eigenvalue weighted by atomic mass is 32.2. The second-order valence-corrected chi connectivity index (χ2v) is 11.1. The second kappa shape index (κ2) is 9.43. The number of hydrogen-bond donors (Lipinski definition) is 2. The number of nitrogens with zero attached hydrogens (tertiary/aromatic N) is 1. The molecule has 1 aromatic heterocycles. The molecule has 1 aliphatic carbocycles. The van der Waals surface area contributed by atoms with E-state index in [0.29, 0.717) is 18.8 Å². The van der Waals surface area contributed by atoms with Crippen molar-refractivity contribution in [2.24, 2.45) is 0 Å². The van der Waals surface area contributed by atoms with E-state index < -0.39 is 10.0 Å². The zero-order chi connectivity index (χ0) is 23.7. The predicted molar refractivity (Wildman–Crippen MR) is 132 cm³/mol. The van der Waals surface area contributed by atoms with Crippen molar-refractivity contribution in [1.29, 1.82) is 0 Å². The molecule has 180 valence electrons. The molecular weight excluding hydrogens is 450 g/mol. The van der Waals surface area contributed by atoms with Gasteiger partial charge in [-0.05, 0) is 79.5 Å². The van der Waals surface area contributed by atoms with Gasteiger partial charge in [0, 0.05) is 42.7 Å². The lowest BCUT2D eigenvalue weighted by Crippen LogP contribution is -2.38. The summed E-state index contributed by atoms with van der Waals surface area (Å²) in [7, 11) is -1.76. The van der Waals surface area contributed by atoms with Gasteiger partial charge in [-0.3, -0.25) is 4.79 Å². The topological polar surface area (TPSA) is 91.5 Å². The highest BCUT2D eigenvalue weighted by molar-refractivity contribution is 7.89. The summed E-state index contributed by atoms with van der Waals surface area (Å²) in [6, 6.07) is 13.1. The first-order valence-electron chi connectivity index (χ1n) is 12.0. The molecule has 0 atom stereocenters. The highest BCUT2D eigenvalue weighted by Crippen LogP contribution is 2.35. The third-order valence-corrected chi connectivity index (χ3v) is 8.51. The number of carbonyl (C=O) groups excluding carboxylic acids is 1. The third-order valence-electron chi connectivity index (χ3n) is 6.97. The largest absolute Gasteiger partial charge is 0.497 e. The van der Waals surface area contributed by atoms with Gasteiger partial charge in [0.1, 0.15) is 5.75 Å². The number of benzene rings is 2. The first-order valence-corrected chi connectivity index (χ1v) is 13.5. The average molecular weight is 482 g/mol. The van der Waals surface area contributed by atoms with Crippen LogP contribution in [0.4, 0.5) is 0 Å². The first-order chi connectivity index (χ1) is 16.4. The number of H-pyrrole nitrogens is 1. The minimum Gasteiger partial charge on any atom is -0.497 e. The lowest BCUT2D eigenvalue weighted by atomic mass is 9.89. The molecule has 0 bridgehead atoms. The summed E-state index contributed by atoms with van der Waals surface area (Å²) in [4.78, 5) is 18.4. The number of hydrogen-bond acceptors (Lipinski definition) is 4. The molecule has 1 saturated carbocycles. The number of sulfonamides is 1. The van der Waals surface area contributed by atoms with Crippen molar-refractivity contribution in [3.63, 3.8) is 0 Å². The quantitative estimate of drug-likeness (QED) is 0.510. The average Bonchev–Trinajstić information content (AvgIpc) is 3.56. The molecular formula is C26H31N3O4S. The van der Waals surface area contributed by atoms with Gasteiger partial charge in [0.15, 0.2) is 0 Å². The van der Waals surface area contributed by atoms with E-state index in [-0.39, 0.29) is 16.8 Å². The van der Waals surface area contributed by atoms with Gasteiger partial charge < -0.3 is 14.6 Å². The molecule has 0 radical (unpaired) electrons. The predicted octanol–water partition coefficient (Wildman–Crippen LogP) is 3.96. The summed E-state index contributed by atoms with van der Waals surface area (Å²) < 4.78 is 32.7. The van der Waals surface area contributed by atoms with Gasteiger partial charge in [-0.1, -0.05) is 12.1 Å². The Bertz CT molecular complexity index is 1270. The second-order valence-electron chi connectivity index (χ2n) is 9.35. The molecule has 1 saturated heterocycles. The van der Waals surface area contributed by atoms with Crippen molar-refractivity contribution >= 4 is 26.8 Å². The highest BCUT2D eigenvalue weighted by Gasteiger charge is 2.28. The Morgan fingerprint density at radius 1 is 1.09 bits per heavy atom. The minimum absolute atomic E-state index is 0.0882. The normalized spacial score (nSPS) is 17.3. The Balaban J connectivity index is 1.14. The van der Waals surface area contributed by atoms with Crippen LogP contribution < -0.4 is 9.46 Å². The number of aromatic amines is 1. The van der Waals surface area contributed by atoms with Crippen molar-refractivity contribution in [3.05, 3.63) is 59.8 Å². The van der Waals surface area contributed by atoms with Crippen LogP contribution in [-0.2, 0) is 21.2 Å². The summed E-state index contributed by atoms with van der Waals surface area (Å²) in [6.45, 7) is 1.51. The van der Waals surface area contributed by atoms with Crippen molar-refractivity contribution in [2.45, 2.75) is 55.4 Å². The van der Waals surface area contributed by atoms with Crippen LogP contribution >= 0.6 is 0 Å². The van der Waals surface area contributed by atoms with E-state index in [9.17, 15) is 13.2 Å². The summed E-state index contributed by atoms with van der Waals surface area (Å²) >= 11 is 0. The number of carbonyl (C=O) groups is 1. The van der Waals surface area contributed by atoms with Gasteiger partial charge in [0.05, 0.1) is 12.0 Å². The molecule has 0 spiro atoms. The van der Waals surface area contributed by atoms with Crippen LogP contribution in [0.2, 0.25) is 0 Å². The van der Waals surface area contributed by atoms with Crippen LogP contribution in [0.15, 0.2) is 53.6 Å². The number of aromatic nitrogens is 1. The monoisotopic (exact) mass is 481 g/mol. The Labute approximate surface area is 200 Å². The third kappa shape index (κ3) is 4.98. The minimum atomic E-state index is -3.44. The molecule has 1 aliphatic heterocycles. The molecule has 1 amide bonds. The van der Waals surface area contributed by atoms with E-state index in [0.717, 1.165) is 55.6 Å². The summed E-state index contributed by atoms with van der Waals surface area (Å²) in [5.41, 5.74) is 3.38. The van der Waals surface area contributed by atoms with Crippen LogP contribution in [-0.4, -0.2) is 50.5 Å². The smallest absolute Gasteiger partial charge is 0.240 e. The molecule has 34 heavy (non-hydrogen) atoms. The van der Waals surface area contributed by atoms with E-state index in [1.54, 1.807) is 19.2 Å². The zero-order valence-electron chi connectivity index (χ0n) is 19.4. The number of likely N-dealkylation sites (tertiary alicyclic amines) is 1. The fourth-order valence-corrected chi connectivity index (χ4v) is 6.06. The van der Waals surface area contributed by atoms with Crippen LogP contribution in [0.25, 0.3) is 10.9 Å².